The molecule has 0 amide bonds. The van der Waals surface area contributed by atoms with Gasteiger partial charge in [-0.2, -0.15) is 10.5 Å². The normalized spacial score (nSPS) is 13.7. The van der Waals surface area contributed by atoms with Crippen molar-refractivity contribution in [2.75, 3.05) is 18.5 Å². The highest BCUT2D eigenvalue weighted by Gasteiger charge is 2.20. The quantitative estimate of drug-likeness (QED) is 0.616. The predicted octanol–water partition coefficient (Wildman–Crippen LogP) is 2.33. The summed E-state index contributed by atoms with van der Waals surface area (Å²) < 4.78 is 0. The molecule has 1 heterocycles. The molecule has 0 N–H and O–H groups in total. The molecule has 0 saturated carbocycles. The van der Waals surface area contributed by atoms with Gasteiger partial charge in [-0.25, -0.2) is 0 Å². The number of fused-ring (bicyclic) bond motifs is 1. The summed E-state index contributed by atoms with van der Waals surface area (Å²) in [5, 5.41) is 17.9. The van der Waals surface area contributed by atoms with E-state index in [1.807, 2.05) is 43.5 Å². The van der Waals surface area contributed by atoms with Crippen molar-refractivity contribution in [3.05, 3.63) is 35.4 Å². The fraction of sp³-hybridized carbons (Fsp3) is 0.231. The molecule has 78 valence electrons. The van der Waals surface area contributed by atoms with Crippen molar-refractivity contribution < 1.29 is 0 Å². The molecule has 0 aromatic heterocycles. The minimum absolute atomic E-state index is 0.237. The van der Waals surface area contributed by atoms with Crippen LogP contribution >= 0.6 is 0 Å². The van der Waals surface area contributed by atoms with E-state index in [4.69, 9.17) is 10.5 Å². The molecule has 0 saturated heterocycles. The molecule has 0 fully saturated rings. The zero-order valence-corrected chi connectivity index (χ0v) is 9.07. The second kappa shape index (κ2) is 4.08. The van der Waals surface area contributed by atoms with Crippen LogP contribution in [0.4, 0.5) is 5.69 Å². The highest BCUT2D eigenvalue weighted by atomic mass is 15.1. The van der Waals surface area contributed by atoms with Gasteiger partial charge in [0.05, 0.1) is 0 Å². The van der Waals surface area contributed by atoms with Crippen LogP contribution in [0.1, 0.15) is 12.0 Å². The fourth-order valence-corrected chi connectivity index (χ4v) is 2.02. The van der Waals surface area contributed by atoms with E-state index in [-0.39, 0.29) is 5.57 Å². The van der Waals surface area contributed by atoms with E-state index in [1.165, 1.54) is 0 Å². The van der Waals surface area contributed by atoms with Crippen LogP contribution in [0, 0.1) is 22.7 Å². The molecule has 0 aliphatic carbocycles. The largest absolute Gasteiger partial charge is 0.374 e. The van der Waals surface area contributed by atoms with Crippen molar-refractivity contribution in [2.45, 2.75) is 6.42 Å². The number of allylic oxidation sites excluding steroid dienone is 1. The highest BCUT2D eigenvalue weighted by Crippen LogP contribution is 2.35. The third-order valence-electron chi connectivity index (χ3n) is 2.86. The lowest BCUT2D eigenvalue weighted by Crippen LogP contribution is -2.24. The molecule has 0 atom stereocenters. The van der Waals surface area contributed by atoms with E-state index in [1.54, 1.807) is 0 Å². The molecule has 1 aliphatic heterocycles. The molecule has 0 bridgehead atoms. The first-order chi connectivity index (χ1) is 7.77. The van der Waals surface area contributed by atoms with Gasteiger partial charge in [0.15, 0.2) is 0 Å². The van der Waals surface area contributed by atoms with Gasteiger partial charge < -0.3 is 4.90 Å². The molecule has 2 rings (SSSR count). The number of hydrogen-bond acceptors (Lipinski definition) is 3. The summed E-state index contributed by atoms with van der Waals surface area (Å²) in [6.45, 7) is 0.846. The Morgan fingerprint density at radius 3 is 2.62 bits per heavy atom. The lowest BCUT2D eigenvalue weighted by molar-refractivity contribution is 0.880. The molecular formula is C13H11N3. The van der Waals surface area contributed by atoms with E-state index in [2.05, 4.69) is 4.90 Å². The summed E-state index contributed by atoms with van der Waals surface area (Å²) >= 11 is 0. The Morgan fingerprint density at radius 1 is 1.25 bits per heavy atom. The third kappa shape index (κ3) is 1.53. The monoisotopic (exact) mass is 209 g/mol. The van der Waals surface area contributed by atoms with Gasteiger partial charge in [0.1, 0.15) is 17.7 Å². The summed E-state index contributed by atoms with van der Waals surface area (Å²) in [4.78, 5) is 2.14. The van der Waals surface area contributed by atoms with Gasteiger partial charge >= 0.3 is 0 Å². The first kappa shape index (κ1) is 10.3. The van der Waals surface area contributed by atoms with Crippen molar-refractivity contribution in [3.63, 3.8) is 0 Å². The van der Waals surface area contributed by atoms with Crippen LogP contribution in [-0.4, -0.2) is 13.6 Å². The molecule has 3 heteroatoms. The van der Waals surface area contributed by atoms with Crippen molar-refractivity contribution >= 4 is 11.3 Å². The van der Waals surface area contributed by atoms with Crippen LogP contribution in [0.5, 0.6) is 0 Å². The molecule has 3 nitrogen and oxygen atoms in total. The van der Waals surface area contributed by atoms with Crippen molar-refractivity contribution in [1.29, 1.82) is 10.5 Å². The molecule has 1 aromatic rings. The number of benzene rings is 1. The maximum absolute atomic E-state index is 8.93. The summed E-state index contributed by atoms with van der Waals surface area (Å²) in [5.74, 6) is 0. The fourth-order valence-electron chi connectivity index (χ4n) is 2.02. The smallest absolute Gasteiger partial charge is 0.133 e. The van der Waals surface area contributed by atoms with E-state index in [9.17, 15) is 0 Å². The Balaban J connectivity index is 2.65. The predicted molar refractivity (Wildman–Crippen MR) is 62.5 cm³/mol. The molecule has 0 radical (unpaired) electrons. The Labute approximate surface area is 94.8 Å². The number of nitrogens with zero attached hydrogens (tertiary/aromatic N) is 3. The molecule has 0 spiro atoms. The maximum atomic E-state index is 8.93. The summed E-state index contributed by atoms with van der Waals surface area (Å²) in [7, 11) is 2.02. The first-order valence-electron chi connectivity index (χ1n) is 5.12. The van der Waals surface area contributed by atoms with Gasteiger partial charge in [-0.15, -0.1) is 0 Å². The zero-order valence-electron chi connectivity index (χ0n) is 9.07. The van der Waals surface area contributed by atoms with Gasteiger partial charge in [0, 0.05) is 24.8 Å². The highest BCUT2D eigenvalue weighted by molar-refractivity contribution is 5.84. The minimum atomic E-state index is 0.237. The summed E-state index contributed by atoms with van der Waals surface area (Å²) in [6.07, 6.45) is 0.754. The molecule has 1 aliphatic rings. The topological polar surface area (TPSA) is 50.8 Å². The Morgan fingerprint density at radius 2 is 1.94 bits per heavy atom. The van der Waals surface area contributed by atoms with Crippen LogP contribution in [0.2, 0.25) is 0 Å². The van der Waals surface area contributed by atoms with E-state index in [0.717, 1.165) is 29.8 Å². The van der Waals surface area contributed by atoms with Crippen molar-refractivity contribution in [2.24, 2.45) is 0 Å². The molecule has 0 unspecified atom stereocenters. The average Bonchev–Trinajstić information content (AvgIpc) is 2.34. The van der Waals surface area contributed by atoms with E-state index >= 15 is 0 Å². The van der Waals surface area contributed by atoms with Gasteiger partial charge in [-0.3, -0.25) is 0 Å². The number of nitriles is 2. The average molecular weight is 209 g/mol. The van der Waals surface area contributed by atoms with E-state index < -0.39 is 0 Å². The van der Waals surface area contributed by atoms with Crippen molar-refractivity contribution in [1.82, 2.24) is 0 Å². The van der Waals surface area contributed by atoms with Crippen molar-refractivity contribution in [3.8, 4) is 12.1 Å². The molecule has 16 heavy (non-hydrogen) atoms. The Bertz CT molecular complexity index is 513. The summed E-state index contributed by atoms with van der Waals surface area (Å²) in [5.41, 5.74) is 3.21. The second-order valence-corrected chi connectivity index (χ2v) is 3.77. The second-order valence-electron chi connectivity index (χ2n) is 3.77. The van der Waals surface area contributed by atoms with Crippen LogP contribution in [0.15, 0.2) is 29.8 Å². The van der Waals surface area contributed by atoms with E-state index in [0.29, 0.717) is 0 Å². The summed E-state index contributed by atoms with van der Waals surface area (Å²) in [6, 6.07) is 11.8. The SMILES string of the molecule is CN1CCC(=C(C#N)C#N)c2ccccc21. The molecule has 1 aromatic carbocycles. The number of hydrogen-bond donors (Lipinski definition) is 0. The zero-order chi connectivity index (χ0) is 11.5. The number of para-hydroxylation sites is 1. The maximum Gasteiger partial charge on any atom is 0.133 e. The van der Waals surface area contributed by atoms with Crippen LogP contribution in [0.3, 0.4) is 0 Å². The minimum Gasteiger partial charge on any atom is -0.374 e. The standard InChI is InChI=1S/C13H11N3/c1-16-7-6-11(10(8-14)9-15)12-4-2-3-5-13(12)16/h2-5H,6-7H2,1H3. The number of anilines is 1. The Hall–Kier alpha value is -2.26. The van der Waals surface area contributed by atoms with Gasteiger partial charge in [0.25, 0.3) is 0 Å². The van der Waals surface area contributed by atoms with Gasteiger partial charge in [-0.05, 0) is 18.1 Å². The van der Waals surface area contributed by atoms with Gasteiger partial charge in [0.2, 0.25) is 0 Å². The molecular weight excluding hydrogens is 198 g/mol. The lowest BCUT2D eigenvalue weighted by Gasteiger charge is -2.29. The Kier molecular flexibility index (Phi) is 2.62. The number of rotatable bonds is 0. The first-order valence-corrected chi connectivity index (χ1v) is 5.12. The van der Waals surface area contributed by atoms with Crippen LogP contribution < -0.4 is 4.90 Å². The van der Waals surface area contributed by atoms with Crippen LogP contribution in [-0.2, 0) is 0 Å². The lowest BCUT2D eigenvalue weighted by atomic mass is 9.92. The third-order valence-corrected chi connectivity index (χ3v) is 2.86. The van der Waals surface area contributed by atoms with Gasteiger partial charge in [-0.1, -0.05) is 18.2 Å². The van der Waals surface area contributed by atoms with Crippen LogP contribution in [0.25, 0.3) is 5.57 Å².